The van der Waals surface area contributed by atoms with Gasteiger partial charge in [-0.3, -0.25) is 4.79 Å². The van der Waals surface area contributed by atoms with Crippen molar-refractivity contribution in [1.82, 2.24) is 10.6 Å². The summed E-state index contributed by atoms with van der Waals surface area (Å²) in [5.74, 6) is 0.679. The van der Waals surface area contributed by atoms with E-state index in [9.17, 15) is 4.79 Å². The van der Waals surface area contributed by atoms with Crippen LogP contribution >= 0.6 is 0 Å². The fraction of sp³-hybridized carbons (Fsp3) is 0.938. The summed E-state index contributed by atoms with van der Waals surface area (Å²) in [5, 5.41) is 6.54. The van der Waals surface area contributed by atoms with E-state index in [0.29, 0.717) is 29.9 Å². The molecule has 2 saturated carbocycles. The molecule has 2 rings (SSSR count). The normalized spacial score (nSPS) is 27.2. The highest BCUT2D eigenvalue weighted by atomic mass is 16.5. The highest BCUT2D eigenvalue weighted by Gasteiger charge is 2.58. The molecule has 0 aromatic heterocycles. The van der Waals surface area contributed by atoms with E-state index < -0.39 is 0 Å². The molecule has 2 aliphatic rings. The molecule has 4 nitrogen and oxygen atoms in total. The second-order valence-electron chi connectivity index (χ2n) is 6.72. The lowest BCUT2D eigenvalue weighted by atomic mass is 9.51. The zero-order valence-corrected chi connectivity index (χ0v) is 13.2. The van der Waals surface area contributed by atoms with Crippen LogP contribution in [0.15, 0.2) is 0 Å². The predicted octanol–water partition coefficient (Wildman–Crippen LogP) is 2.09. The van der Waals surface area contributed by atoms with Crippen LogP contribution in [0.5, 0.6) is 0 Å². The van der Waals surface area contributed by atoms with E-state index in [1.165, 1.54) is 19.3 Å². The van der Waals surface area contributed by atoms with Crippen molar-refractivity contribution in [1.29, 1.82) is 0 Å². The Bertz CT molecular complexity index is 326. The summed E-state index contributed by atoms with van der Waals surface area (Å²) in [6, 6.07) is 0.561. The highest BCUT2D eigenvalue weighted by molar-refractivity contribution is 5.76. The van der Waals surface area contributed by atoms with Gasteiger partial charge in [0.05, 0.1) is 6.10 Å². The summed E-state index contributed by atoms with van der Waals surface area (Å²) in [4.78, 5) is 11.7. The monoisotopic (exact) mass is 282 g/mol. The maximum atomic E-state index is 11.7. The molecule has 20 heavy (non-hydrogen) atoms. The molecule has 0 bridgehead atoms. The number of hydrogen-bond donors (Lipinski definition) is 2. The van der Waals surface area contributed by atoms with E-state index in [-0.39, 0.29) is 5.91 Å². The van der Waals surface area contributed by atoms with Gasteiger partial charge in [0, 0.05) is 37.6 Å². The summed E-state index contributed by atoms with van der Waals surface area (Å²) < 4.78 is 5.84. The number of carbonyl (C=O) groups is 1. The molecular formula is C16H30N2O2. The molecule has 0 saturated heterocycles. The summed E-state index contributed by atoms with van der Waals surface area (Å²) in [6.45, 7) is 8.68. The standard InChI is InChI=1S/C16H30N2O2/c1-4-20-14-10-13(16(14)7-5-8-16)17-9-6-15(19)18-11-12(2)3/h12-14,17H,4-11H2,1-3H3,(H,18,19). The van der Waals surface area contributed by atoms with Gasteiger partial charge in [0.15, 0.2) is 0 Å². The lowest BCUT2D eigenvalue weighted by Crippen LogP contribution is -2.67. The first-order valence-corrected chi connectivity index (χ1v) is 8.20. The van der Waals surface area contributed by atoms with Crippen molar-refractivity contribution in [2.45, 2.75) is 65.0 Å². The Kier molecular flexibility index (Phi) is 5.44. The van der Waals surface area contributed by atoms with E-state index in [2.05, 4.69) is 31.4 Å². The Labute approximate surface area is 123 Å². The first-order valence-electron chi connectivity index (χ1n) is 8.20. The van der Waals surface area contributed by atoms with Gasteiger partial charge in [-0.25, -0.2) is 0 Å². The number of ether oxygens (including phenoxy) is 1. The lowest BCUT2D eigenvalue weighted by Gasteiger charge is -2.61. The predicted molar refractivity (Wildman–Crippen MR) is 80.6 cm³/mol. The lowest BCUT2D eigenvalue weighted by molar-refractivity contribution is -0.172. The first-order chi connectivity index (χ1) is 9.58. The molecule has 2 aliphatic carbocycles. The topological polar surface area (TPSA) is 50.4 Å². The molecule has 0 heterocycles. The number of carbonyl (C=O) groups excluding carboxylic acids is 1. The Balaban J connectivity index is 1.64. The molecule has 0 aliphatic heterocycles. The molecule has 0 radical (unpaired) electrons. The molecule has 2 N–H and O–H groups in total. The van der Waals surface area contributed by atoms with Crippen LogP contribution in [0.4, 0.5) is 0 Å². The molecule has 1 spiro atoms. The average Bonchev–Trinajstić information content (AvgIpc) is 2.32. The van der Waals surface area contributed by atoms with Crippen molar-refractivity contribution in [2.75, 3.05) is 19.7 Å². The second-order valence-corrected chi connectivity index (χ2v) is 6.72. The van der Waals surface area contributed by atoms with Crippen molar-refractivity contribution in [3.63, 3.8) is 0 Å². The fourth-order valence-corrected chi connectivity index (χ4v) is 3.49. The Hall–Kier alpha value is -0.610. The summed E-state index contributed by atoms with van der Waals surface area (Å²) in [7, 11) is 0. The zero-order valence-electron chi connectivity index (χ0n) is 13.2. The minimum absolute atomic E-state index is 0.162. The van der Waals surface area contributed by atoms with Crippen LogP contribution in [-0.4, -0.2) is 37.7 Å². The average molecular weight is 282 g/mol. The number of amides is 1. The van der Waals surface area contributed by atoms with Gasteiger partial charge >= 0.3 is 0 Å². The molecule has 2 unspecified atom stereocenters. The minimum atomic E-state index is 0.162. The quantitative estimate of drug-likeness (QED) is 0.717. The highest BCUT2D eigenvalue weighted by Crippen LogP contribution is 2.57. The smallest absolute Gasteiger partial charge is 0.221 e. The zero-order chi connectivity index (χ0) is 14.6. The van der Waals surface area contributed by atoms with E-state index in [1.54, 1.807) is 0 Å². The van der Waals surface area contributed by atoms with E-state index in [4.69, 9.17) is 4.74 Å². The van der Waals surface area contributed by atoms with Crippen molar-refractivity contribution in [2.24, 2.45) is 11.3 Å². The second kappa shape index (κ2) is 6.90. The molecule has 4 heteroatoms. The van der Waals surface area contributed by atoms with Crippen LogP contribution in [0.2, 0.25) is 0 Å². The molecule has 2 atom stereocenters. The van der Waals surface area contributed by atoms with Crippen molar-refractivity contribution in [3.05, 3.63) is 0 Å². The SMILES string of the molecule is CCOC1CC(NCCC(=O)NCC(C)C)C12CCC2. The molecule has 1 amide bonds. The Morgan fingerprint density at radius 2 is 2.15 bits per heavy atom. The summed E-state index contributed by atoms with van der Waals surface area (Å²) in [6.07, 6.45) is 6.05. The number of rotatable bonds is 8. The maximum absolute atomic E-state index is 11.7. The van der Waals surface area contributed by atoms with Crippen LogP contribution in [0, 0.1) is 11.3 Å². The van der Waals surface area contributed by atoms with Crippen LogP contribution < -0.4 is 10.6 Å². The van der Waals surface area contributed by atoms with E-state index in [1.807, 2.05) is 0 Å². The maximum Gasteiger partial charge on any atom is 0.221 e. The number of hydrogen-bond acceptors (Lipinski definition) is 3. The van der Waals surface area contributed by atoms with E-state index in [0.717, 1.165) is 26.1 Å². The van der Waals surface area contributed by atoms with Crippen molar-refractivity contribution >= 4 is 5.91 Å². The van der Waals surface area contributed by atoms with Gasteiger partial charge in [0.2, 0.25) is 5.91 Å². The third-order valence-corrected chi connectivity index (χ3v) is 4.89. The Morgan fingerprint density at radius 1 is 1.40 bits per heavy atom. The van der Waals surface area contributed by atoms with Crippen LogP contribution in [0.1, 0.15) is 52.9 Å². The molecule has 2 fully saturated rings. The largest absolute Gasteiger partial charge is 0.378 e. The third-order valence-electron chi connectivity index (χ3n) is 4.89. The van der Waals surface area contributed by atoms with E-state index >= 15 is 0 Å². The van der Waals surface area contributed by atoms with Crippen molar-refractivity contribution in [3.8, 4) is 0 Å². The molecular weight excluding hydrogens is 252 g/mol. The summed E-state index contributed by atoms with van der Waals surface area (Å²) >= 11 is 0. The Morgan fingerprint density at radius 3 is 2.70 bits per heavy atom. The van der Waals surface area contributed by atoms with Crippen LogP contribution in [0.25, 0.3) is 0 Å². The molecule has 0 aromatic carbocycles. The molecule has 116 valence electrons. The number of nitrogens with one attached hydrogen (secondary N) is 2. The van der Waals surface area contributed by atoms with Gasteiger partial charge in [-0.1, -0.05) is 20.3 Å². The third kappa shape index (κ3) is 3.34. The van der Waals surface area contributed by atoms with Crippen LogP contribution in [-0.2, 0) is 9.53 Å². The van der Waals surface area contributed by atoms with Gasteiger partial charge < -0.3 is 15.4 Å². The van der Waals surface area contributed by atoms with Gasteiger partial charge in [-0.05, 0) is 32.1 Å². The first kappa shape index (κ1) is 15.8. The van der Waals surface area contributed by atoms with Crippen molar-refractivity contribution < 1.29 is 9.53 Å². The molecule has 0 aromatic rings. The minimum Gasteiger partial charge on any atom is -0.378 e. The fourth-order valence-electron chi connectivity index (χ4n) is 3.49. The van der Waals surface area contributed by atoms with Gasteiger partial charge in [0.25, 0.3) is 0 Å². The van der Waals surface area contributed by atoms with Gasteiger partial charge in [-0.15, -0.1) is 0 Å². The summed E-state index contributed by atoms with van der Waals surface area (Å²) in [5.41, 5.74) is 0.393. The van der Waals surface area contributed by atoms with Gasteiger partial charge in [-0.2, -0.15) is 0 Å². The van der Waals surface area contributed by atoms with Crippen LogP contribution in [0.3, 0.4) is 0 Å². The van der Waals surface area contributed by atoms with Gasteiger partial charge in [0.1, 0.15) is 0 Å².